The molecular weight excluding hydrogens is 639 g/mol. The van der Waals surface area contributed by atoms with Crippen LogP contribution >= 0.6 is 23.2 Å². The molecule has 0 bridgehead atoms. The average Bonchev–Trinajstić information content (AvgIpc) is 3.37. The van der Waals surface area contributed by atoms with Crippen LogP contribution in [0.25, 0.3) is 0 Å². The molecule has 0 fully saturated rings. The summed E-state index contributed by atoms with van der Waals surface area (Å²) in [4.78, 5) is 0. The molecule has 4 aromatic rings. The normalized spacial score (nSPS) is 12.5. The summed E-state index contributed by atoms with van der Waals surface area (Å²) in [6.45, 7) is 0. The van der Waals surface area contributed by atoms with Crippen molar-refractivity contribution in [3.05, 3.63) is 93.0 Å². The minimum Gasteiger partial charge on any atom is -0.336 e. The number of hydrogen-bond acceptors (Lipinski definition) is 12. The summed E-state index contributed by atoms with van der Waals surface area (Å²) < 4.78 is 77.9. The Bertz CT molecular complexity index is 1740. The fourth-order valence-electron chi connectivity index (χ4n) is 3.72. The minimum atomic E-state index is -4.03. The molecule has 2 aromatic heterocycles. The van der Waals surface area contributed by atoms with Gasteiger partial charge in [0.25, 0.3) is 0 Å². The van der Waals surface area contributed by atoms with Crippen LogP contribution in [0.3, 0.4) is 0 Å². The average molecular weight is 664 g/mol. The van der Waals surface area contributed by atoms with Gasteiger partial charge in [0.2, 0.25) is 0 Å². The molecule has 14 nitrogen and oxygen atoms in total. The first-order valence-corrected chi connectivity index (χ1v) is 17.8. The SMILES string of the molecule is Nn1c(CS(=O)(=O)Cc2ccc(Cl)cc2)nnc1CS(=O)(=O)Cc1nnc(CS(=O)(=O)Cc2ccc(Cl)cc2)n1N. The summed E-state index contributed by atoms with van der Waals surface area (Å²) in [5.74, 6) is 7.88. The quantitative estimate of drug-likeness (QED) is 0.203. The standard InChI is InChI=1S/C22H24Cl2N8O6S3/c23-17-5-1-15(2-6-17)9-39(33,34)11-19-27-29-21(31(19)25)13-41(37,38)14-22-30-28-20(32(22)26)12-40(35,36)10-16-3-7-18(24)8-4-16/h1-8H,9-14,25-26H2. The smallest absolute Gasteiger partial charge is 0.166 e. The van der Waals surface area contributed by atoms with E-state index in [0.29, 0.717) is 21.2 Å². The molecular formula is C22H24Cl2N8O6S3. The van der Waals surface area contributed by atoms with Crippen LogP contribution in [0.5, 0.6) is 0 Å². The van der Waals surface area contributed by atoms with E-state index in [4.69, 9.17) is 34.9 Å². The second-order valence-corrected chi connectivity index (χ2v) is 16.2. The van der Waals surface area contributed by atoms with Crippen LogP contribution in [0.15, 0.2) is 48.5 Å². The Morgan fingerprint density at radius 1 is 0.488 bits per heavy atom. The van der Waals surface area contributed by atoms with E-state index < -0.39 is 52.5 Å². The van der Waals surface area contributed by atoms with Crippen molar-refractivity contribution >= 4 is 52.7 Å². The molecule has 0 unspecified atom stereocenters. The van der Waals surface area contributed by atoms with Crippen LogP contribution in [0, 0.1) is 0 Å². The van der Waals surface area contributed by atoms with E-state index in [9.17, 15) is 25.3 Å². The van der Waals surface area contributed by atoms with E-state index in [1.54, 1.807) is 48.5 Å². The molecule has 4 N–H and O–H groups in total. The Morgan fingerprint density at radius 3 is 1.00 bits per heavy atom. The van der Waals surface area contributed by atoms with Gasteiger partial charge in [-0.25, -0.2) is 34.6 Å². The van der Waals surface area contributed by atoms with E-state index in [2.05, 4.69) is 20.4 Å². The van der Waals surface area contributed by atoms with Crippen molar-refractivity contribution in [1.29, 1.82) is 0 Å². The number of hydrogen-bond donors (Lipinski definition) is 2. The highest BCUT2D eigenvalue weighted by Gasteiger charge is 2.26. The van der Waals surface area contributed by atoms with Crippen LogP contribution in [-0.2, 0) is 64.0 Å². The lowest BCUT2D eigenvalue weighted by molar-refractivity contribution is 0.589. The Morgan fingerprint density at radius 2 is 0.732 bits per heavy atom. The number of rotatable bonds is 12. The van der Waals surface area contributed by atoms with E-state index in [0.717, 1.165) is 9.35 Å². The number of benzene rings is 2. The molecule has 2 heterocycles. The van der Waals surface area contributed by atoms with Crippen LogP contribution in [0.2, 0.25) is 10.0 Å². The van der Waals surface area contributed by atoms with E-state index in [-0.39, 0.29) is 34.8 Å². The molecule has 19 heteroatoms. The second kappa shape index (κ2) is 11.9. The maximum atomic E-state index is 12.9. The highest BCUT2D eigenvalue weighted by molar-refractivity contribution is 7.90. The summed E-state index contributed by atoms with van der Waals surface area (Å²) in [6, 6.07) is 12.5. The Balaban J connectivity index is 1.41. The lowest BCUT2D eigenvalue weighted by Crippen LogP contribution is -2.24. The number of nitrogens with two attached hydrogens (primary N) is 2. The zero-order valence-corrected chi connectivity index (χ0v) is 25.1. The van der Waals surface area contributed by atoms with Crippen molar-refractivity contribution in [3.8, 4) is 0 Å². The predicted octanol–water partition coefficient (Wildman–Crippen LogP) is 0.949. The molecule has 0 spiro atoms. The first-order chi connectivity index (χ1) is 19.1. The van der Waals surface area contributed by atoms with Gasteiger partial charge in [-0.3, -0.25) is 0 Å². The van der Waals surface area contributed by atoms with Gasteiger partial charge in [-0.15, -0.1) is 20.4 Å². The molecule has 0 amide bonds. The highest BCUT2D eigenvalue weighted by atomic mass is 35.5. The number of nitrogens with zero attached hydrogens (tertiary/aromatic N) is 6. The van der Waals surface area contributed by atoms with Crippen LogP contribution in [0.4, 0.5) is 0 Å². The van der Waals surface area contributed by atoms with Gasteiger partial charge in [0.1, 0.15) is 23.0 Å². The first-order valence-electron chi connectivity index (χ1n) is 11.6. The Hall–Kier alpha value is -3.25. The Labute approximate surface area is 246 Å². The van der Waals surface area contributed by atoms with Gasteiger partial charge in [0.05, 0.1) is 11.5 Å². The molecule has 0 saturated carbocycles. The summed E-state index contributed by atoms with van der Waals surface area (Å²) >= 11 is 11.7. The molecule has 220 valence electrons. The van der Waals surface area contributed by atoms with Gasteiger partial charge in [-0.2, -0.15) is 0 Å². The molecule has 0 aliphatic carbocycles. The van der Waals surface area contributed by atoms with Gasteiger partial charge in [-0.1, -0.05) is 47.5 Å². The fourth-order valence-corrected chi connectivity index (χ4v) is 8.04. The maximum absolute atomic E-state index is 12.9. The lowest BCUT2D eigenvalue weighted by Gasteiger charge is -2.07. The first kappa shape index (κ1) is 30.7. The third-order valence-electron chi connectivity index (χ3n) is 5.67. The van der Waals surface area contributed by atoms with Crippen molar-refractivity contribution in [1.82, 2.24) is 29.7 Å². The van der Waals surface area contributed by atoms with Crippen LogP contribution in [0.1, 0.15) is 34.4 Å². The number of aromatic nitrogens is 6. The third-order valence-corrected chi connectivity index (χ3v) is 10.5. The van der Waals surface area contributed by atoms with Crippen LogP contribution in [-0.4, -0.2) is 55.0 Å². The largest absolute Gasteiger partial charge is 0.336 e. The van der Waals surface area contributed by atoms with Gasteiger partial charge in [0.15, 0.2) is 52.8 Å². The van der Waals surface area contributed by atoms with Gasteiger partial charge in [-0.05, 0) is 35.4 Å². The Kier molecular flexibility index (Phi) is 8.93. The fraction of sp³-hybridized carbons (Fsp3) is 0.273. The minimum absolute atomic E-state index is 0.153. The van der Waals surface area contributed by atoms with Gasteiger partial charge >= 0.3 is 0 Å². The molecule has 0 aliphatic rings. The van der Waals surface area contributed by atoms with Crippen molar-refractivity contribution < 1.29 is 25.3 Å². The lowest BCUT2D eigenvalue weighted by atomic mass is 10.2. The van der Waals surface area contributed by atoms with Crippen LogP contribution < -0.4 is 11.7 Å². The summed E-state index contributed by atoms with van der Waals surface area (Å²) in [5.41, 5.74) is 1.01. The zero-order valence-electron chi connectivity index (χ0n) is 21.1. The number of sulfone groups is 3. The topological polar surface area (TPSA) is 216 Å². The molecule has 0 aliphatic heterocycles. The molecule has 0 saturated heterocycles. The third kappa shape index (κ3) is 8.38. The van der Waals surface area contributed by atoms with Crippen molar-refractivity contribution in [2.45, 2.75) is 34.5 Å². The van der Waals surface area contributed by atoms with E-state index >= 15 is 0 Å². The molecule has 2 aromatic carbocycles. The van der Waals surface area contributed by atoms with Crippen molar-refractivity contribution in [2.75, 3.05) is 11.7 Å². The van der Waals surface area contributed by atoms with Crippen molar-refractivity contribution in [2.24, 2.45) is 0 Å². The zero-order chi connectivity index (χ0) is 30.0. The second-order valence-electron chi connectivity index (χ2n) is 9.15. The molecule has 0 atom stereocenters. The van der Waals surface area contributed by atoms with Gasteiger partial charge in [0, 0.05) is 10.0 Å². The van der Waals surface area contributed by atoms with E-state index in [1.165, 1.54) is 0 Å². The predicted molar refractivity (Wildman–Crippen MR) is 152 cm³/mol. The summed E-state index contributed by atoms with van der Waals surface area (Å²) in [7, 11) is -11.5. The van der Waals surface area contributed by atoms with E-state index in [1.807, 2.05) is 0 Å². The highest BCUT2D eigenvalue weighted by Crippen LogP contribution is 2.17. The number of nitrogen functional groups attached to an aromatic ring is 2. The maximum Gasteiger partial charge on any atom is 0.166 e. The molecule has 41 heavy (non-hydrogen) atoms. The van der Waals surface area contributed by atoms with Crippen molar-refractivity contribution in [3.63, 3.8) is 0 Å². The summed E-state index contributed by atoms with van der Waals surface area (Å²) in [5, 5.41) is 15.9. The molecule has 4 rings (SSSR count). The monoisotopic (exact) mass is 662 g/mol. The summed E-state index contributed by atoms with van der Waals surface area (Å²) in [6.07, 6.45) is 0. The molecule has 0 radical (unpaired) electrons. The number of halogens is 2. The van der Waals surface area contributed by atoms with Gasteiger partial charge < -0.3 is 11.7 Å².